The van der Waals surface area contributed by atoms with Gasteiger partial charge in [-0.05, 0) is 50.1 Å². The number of nitrogens with one attached hydrogen (secondary N) is 3. The second kappa shape index (κ2) is 9.18. The van der Waals surface area contributed by atoms with E-state index in [0.29, 0.717) is 17.8 Å². The average molecular weight is 431 g/mol. The van der Waals surface area contributed by atoms with Crippen molar-refractivity contribution in [3.05, 3.63) is 59.7 Å². The molecule has 2 aromatic carbocycles. The highest BCUT2D eigenvalue weighted by atomic mass is 32.2. The lowest BCUT2D eigenvalue weighted by atomic mass is 9.80. The molecule has 1 saturated carbocycles. The van der Waals surface area contributed by atoms with Crippen molar-refractivity contribution in [1.82, 2.24) is 5.32 Å². The van der Waals surface area contributed by atoms with Crippen molar-refractivity contribution >= 4 is 21.6 Å². The minimum atomic E-state index is -3.78. The van der Waals surface area contributed by atoms with Crippen LogP contribution in [0.5, 0.6) is 0 Å². The topological polar surface area (TPSA) is 79.7 Å². The molecule has 3 rings (SSSR count). The van der Waals surface area contributed by atoms with Gasteiger partial charge in [0.1, 0.15) is 5.54 Å². The first-order chi connectivity index (χ1) is 14.2. The van der Waals surface area contributed by atoms with Crippen LogP contribution in [0.2, 0.25) is 0 Å². The summed E-state index contributed by atoms with van der Waals surface area (Å²) in [6, 6.07) is 13.3. The summed E-state index contributed by atoms with van der Waals surface area (Å²) in [5.74, 6) is -0.242. The lowest BCUT2D eigenvalue weighted by Crippen LogP contribution is -3.16. The molecule has 0 spiro atoms. The fourth-order valence-corrected chi connectivity index (χ4v) is 5.18. The Bertz CT molecular complexity index is 979. The van der Waals surface area contributed by atoms with E-state index in [1.807, 2.05) is 19.1 Å². The normalized spacial score (nSPS) is 16.3. The van der Waals surface area contributed by atoms with Gasteiger partial charge in [0, 0.05) is 24.1 Å². The van der Waals surface area contributed by atoms with E-state index in [0.717, 1.165) is 18.4 Å². The van der Waals surface area contributed by atoms with Crippen molar-refractivity contribution in [3.8, 4) is 0 Å². The Labute approximate surface area is 179 Å². The van der Waals surface area contributed by atoms with Crippen LogP contribution in [0, 0.1) is 6.92 Å². The molecule has 7 heteroatoms. The molecule has 162 valence electrons. The Balaban J connectivity index is 1.72. The predicted molar refractivity (Wildman–Crippen MR) is 119 cm³/mol. The van der Waals surface area contributed by atoms with Crippen LogP contribution in [0.15, 0.2) is 53.4 Å². The second-order valence-corrected chi connectivity index (χ2v) is 10.2. The highest BCUT2D eigenvalue weighted by molar-refractivity contribution is 7.92. The molecule has 1 aliphatic rings. The van der Waals surface area contributed by atoms with E-state index >= 15 is 0 Å². The van der Waals surface area contributed by atoms with Crippen molar-refractivity contribution in [2.75, 3.05) is 25.4 Å². The zero-order chi connectivity index (χ0) is 21.8. The Hall–Kier alpha value is -2.38. The SMILES string of the molecule is Cc1ccc(NS(=O)(=O)c2cccc(C(=O)NCC3([NH+](C)C)CCCCC3)c2)cc1. The average Bonchev–Trinajstić information content (AvgIpc) is 2.74. The molecule has 0 aromatic heterocycles. The maximum atomic E-state index is 12.8. The van der Waals surface area contributed by atoms with Gasteiger partial charge in [0.15, 0.2) is 0 Å². The number of amides is 1. The van der Waals surface area contributed by atoms with Crippen LogP contribution >= 0.6 is 0 Å². The van der Waals surface area contributed by atoms with Crippen LogP contribution in [0.3, 0.4) is 0 Å². The number of aryl methyl sites for hydroxylation is 1. The zero-order valence-electron chi connectivity index (χ0n) is 18.0. The molecular weight excluding hydrogens is 398 g/mol. The maximum Gasteiger partial charge on any atom is 0.261 e. The van der Waals surface area contributed by atoms with E-state index in [-0.39, 0.29) is 16.3 Å². The van der Waals surface area contributed by atoms with Gasteiger partial charge in [-0.3, -0.25) is 9.52 Å². The number of likely N-dealkylation sites (N-methyl/N-ethyl adjacent to an activating group) is 1. The van der Waals surface area contributed by atoms with Crippen molar-refractivity contribution < 1.29 is 18.1 Å². The third-order valence-corrected chi connectivity index (χ3v) is 7.55. The third-order valence-electron chi connectivity index (χ3n) is 6.17. The highest BCUT2D eigenvalue weighted by Crippen LogP contribution is 2.25. The van der Waals surface area contributed by atoms with Crippen LogP contribution in [-0.2, 0) is 10.0 Å². The van der Waals surface area contributed by atoms with E-state index in [9.17, 15) is 13.2 Å². The standard InChI is InChI=1S/C23H31N3O3S/c1-18-10-12-20(13-11-18)25-30(28,29)21-9-7-8-19(16-21)22(27)24-17-23(26(2)3)14-5-4-6-15-23/h7-13,16,25H,4-6,14-15,17H2,1-3H3,(H,24,27)/p+1. The van der Waals surface area contributed by atoms with E-state index in [1.165, 1.54) is 36.3 Å². The van der Waals surface area contributed by atoms with E-state index in [2.05, 4.69) is 24.1 Å². The number of anilines is 1. The Morgan fingerprint density at radius 3 is 2.33 bits per heavy atom. The number of benzene rings is 2. The van der Waals surface area contributed by atoms with Gasteiger partial charge < -0.3 is 10.2 Å². The van der Waals surface area contributed by atoms with Crippen LogP contribution in [0.1, 0.15) is 48.0 Å². The fraction of sp³-hybridized carbons (Fsp3) is 0.435. The highest BCUT2D eigenvalue weighted by Gasteiger charge is 2.38. The number of carbonyl (C=O) groups excluding carboxylic acids is 1. The fourth-order valence-electron chi connectivity index (χ4n) is 4.07. The van der Waals surface area contributed by atoms with Crippen molar-refractivity contribution in [2.45, 2.75) is 49.5 Å². The predicted octanol–water partition coefficient (Wildman–Crippen LogP) is 2.37. The third kappa shape index (κ3) is 5.21. The summed E-state index contributed by atoms with van der Waals surface area (Å²) >= 11 is 0. The van der Waals surface area contributed by atoms with Crippen molar-refractivity contribution in [3.63, 3.8) is 0 Å². The number of hydrogen-bond acceptors (Lipinski definition) is 3. The van der Waals surface area contributed by atoms with Gasteiger partial charge in [-0.2, -0.15) is 0 Å². The molecule has 0 saturated heterocycles. The number of quaternary nitrogens is 1. The summed E-state index contributed by atoms with van der Waals surface area (Å²) in [6.45, 7) is 2.53. The number of hydrogen-bond donors (Lipinski definition) is 3. The Morgan fingerprint density at radius 2 is 1.70 bits per heavy atom. The van der Waals surface area contributed by atoms with E-state index in [4.69, 9.17) is 0 Å². The lowest BCUT2D eigenvalue weighted by molar-refractivity contribution is -0.916. The Morgan fingerprint density at radius 1 is 1.03 bits per heavy atom. The number of rotatable bonds is 7. The molecule has 1 amide bonds. The molecule has 0 heterocycles. The van der Waals surface area contributed by atoms with E-state index in [1.54, 1.807) is 24.3 Å². The number of sulfonamides is 1. The first-order valence-electron chi connectivity index (χ1n) is 10.5. The molecule has 2 aromatic rings. The summed E-state index contributed by atoms with van der Waals surface area (Å²) < 4.78 is 28.1. The summed E-state index contributed by atoms with van der Waals surface area (Å²) in [7, 11) is 0.503. The molecule has 0 radical (unpaired) electrons. The zero-order valence-corrected chi connectivity index (χ0v) is 18.8. The van der Waals surface area contributed by atoms with Gasteiger partial charge >= 0.3 is 0 Å². The second-order valence-electron chi connectivity index (χ2n) is 8.52. The van der Waals surface area contributed by atoms with Crippen LogP contribution in [0.25, 0.3) is 0 Å². The lowest BCUT2D eigenvalue weighted by Gasteiger charge is -2.39. The number of carbonyl (C=O) groups is 1. The minimum absolute atomic E-state index is 0.0462. The molecule has 3 N–H and O–H groups in total. The monoisotopic (exact) mass is 430 g/mol. The summed E-state index contributed by atoms with van der Waals surface area (Å²) in [4.78, 5) is 14.2. The summed E-state index contributed by atoms with van der Waals surface area (Å²) in [5.41, 5.74) is 1.93. The molecule has 1 aliphatic carbocycles. The van der Waals surface area contributed by atoms with Crippen molar-refractivity contribution in [2.24, 2.45) is 0 Å². The smallest absolute Gasteiger partial charge is 0.261 e. The van der Waals surface area contributed by atoms with Crippen LogP contribution < -0.4 is 14.9 Å². The Kier molecular flexibility index (Phi) is 6.83. The molecular formula is C23H32N3O3S+. The molecule has 1 fully saturated rings. The molecule has 0 unspecified atom stereocenters. The van der Waals surface area contributed by atoms with Crippen molar-refractivity contribution in [1.29, 1.82) is 0 Å². The van der Waals surface area contributed by atoms with Gasteiger partial charge in [-0.1, -0.05) is 30.2 Å². The molecule has 0 bridgehead atoms. The molecule has 6 nitrogen and oxygen atoms in total. The van der Waals surface area contributed by atoms with Gasteiger partial charge in [-0.25, -0.2) is 8.42 Å². The summed E-state index contributed by atoms with van der Waals surface area (Å²) in [6.07, 6.45) is 5.78. The first kappa shape index (κ1) is 22.3. The van der Waals surface area contributed by atoms with Gasteiger partial charge in [-0.15, -0.1) is 0 Å². The summed E-state index contributed by atoms with van der Waals surface area (Å²) in [5, 5.41) is 3.05. The molecule has 0 atom stereocenters. The van der Waals surface area contributed by atoms with Gasteiger partial charge in [0.2, 0.25) is 0 Å². The van der Waals surface area contributed by atoms with Crippen LogP contribution in [0.4, 0.5) is 5.69 Å². The maximum absolute atomic E-state index is 12.8. The van der Waals surface area contributed by atoms with Crippen LogP contribution in [-0.4, -0.2) is 40.5 Å². The van der Waals surface area contributed by atoms with Gasteiger partial charge in [0.25, 0.3) is 15.9 Å². The van der Waals surface area contributed by atoms with E-state index < -0.39 is 10.0 Å². The first-order valence-corrected chi connectivity index (χ1v) is 12.0. The minimum Gasteiger partial charge on any atom is -0.346 e. The largest absolute Gasteiger partial charge is 0.346 e. The van der Waals surface area contributed by atoms with Gasteiger partial charge in [0.05, 0.1) is 25.5 Å². The quantitative estimate of drug-likeness (QED) is 0.631. The molecule has 0 aliphatic heterocycles. The molecule has 30 heavy (non-hydrogen) atoms.